The lowest BCUT2D eigenvalue weighted by Crippen LogP contribution is -2.29. The van der Waals surface area contributed by atoms with Crippen LogP contribution in [0.4, 0.5) is 0 Å². The summed E-state index contributed by atoms with van der Waals surface area (Å²) in [5.74, 6) is 0. The summed E-state index contributed by atoms with van der Waals surface area (Å²) in [6.45, 7) is 4.51. The number of aliphatic hydroxyl groups is 1. The number of hydrogen-bond donors (Lipinski definition) is 1. The highest BCUT2D eigenvalue weighted by Gasteiger charge is 2.30. The number of nitrogens with zero attached hydrogens (tertiary/aromatic N) is 1. The smallest absolute Gasteiger partial charge is 0.0947 e. The molecule has 1 fully saturated rings. The summed E-state index contributed by atoms with van der Waals surface area (Å²) in [5, 5.41) is 9.73. The van der Waals surface area contributed by atoms with Crippen LogP contribution in [-0.2, 0) is 6.54 Å². The molecule has 3 nitrogen and oxygen atoms in total. The van der Waals surface area contributed by atoms with Crippen LogP contribution in [0.2, 0.25) is 0 Å². The second-order valence-corrected chi connectivity index (χ2v) is 4.09. The maximum Gasteiger partial charge on any atom is 0.0947 e. The van der Waals surface area contributed by atoms with Crippen LogP contribution in [0, 0.1) is 0 Å². The minimum atomic E-state index is -0.496. The van der Waals surface area contributed by atoms with Gasteiger partial charge >= 0.3 is 0 Å². The van der Waals surface area contributed by atoms with Crippen molar-refractivity contribution in [2.24, 2.45) is 0 Å². The summed E-state index contributed by atoms with van der Waals surface area (Å²) >= 11 is 0. The second-order valence-electron chi connectivity index (χ2n) is 4.09. The molecule has 3 heteroatoms. The lowest BCUT2D eigenvalue weighted by Gasteiger charge is -2.17. The van der Waals surface area contributed by atoms with E-state index in [1.165, 1.54) is 5.56 Å². The molecule has 1 aliphatic heterocycles. The highest BCUT2D eigenvalue weighted by molar-refractivity contribution is 5.05. The third-order valence-corrected chi connectivity index (χ3v) is 2.52. The summed E-state index contributed by atoms with van der Waals surface area (Å²) < 4.78 is 4.99. The van der Waals surface area contributed by atoms with E-state index in [2.05, 4.69) is 4.90 Å². The molecule has 0 bridgehead atoms. The first-order valence-electron chi connectivity index (χ1n) is 4.62. The predicted octanol–water partition coefficient (Wildman–Crippen LogP) is 1.24. The molecule has 0 spiro atoms. The van der Waals surface area contributed by atoms with E-state index < -0.39 is 5.60 Å². The summed E-state index contributed by atoms with van der Waals surface area (Å²) in [7, 11) is 0. The van der Waals surface area contributed by atoms with Gasteiger partial charge in [0.05, 0.1) is 18.1 Å². The molecular formula is C10H15NO2. The van der Waals surface area contributed by atoms with Crippen LogP contribution in [0.25, 0.3) is 0 Å². The Bertz CT molecular complexity index is 266. The largest absolute Gasteiger partial charge is 0.472 e. The lowest BCUT2D eigenvalue weighted by molar-refractivity contribution is 0.0679. The van der Waals surface area contributed by atoms with Gasteiger partial charge < -0.3 is 9.52 Å². The van der Waals surface area contributed by atoms with Crippen LogP contribution >= 0.6 is 0 Å². The minimum Gasteiger partial charge on any atom is -0.472 e. The van der Waals surface area contributed by atoms with Crippen molar-refractivity contribution >= 4 is 0 Å². The summed E-state index contributed by atoms with van der Waals surface area (Å²) in [4.78, 5) is 2.24. The first-order valence-corrected chi connectivity index (χ1v) is 4.62. The molecule has 1 atom stereocenters. The van der Waals surface area contributed by atoms with Crippen molar-refractivity contribution in [3.8, 4) is 0 Å². The Kier molecular flexibility index (Phi) is 2.14. The van der Waals surface area contributed by atoms with Gasteiger partial charge in [-0.15, -0.1) is 0 Å². The van der Waals surface area contributed by atoms with Crippen molar-refractivity contribution in [1.82, 2.24) is 4.90 Å². The molecule has 1 aromatic rings. The van der Waals surface area contributed by atoms with E-state index in [1.807, 2.05) is 13.0 Å². The Morgan fingerprint density at radius 2 is 2.54 bits per heavy atom. The molecule has 2 heterocycles. The fraction of sp³-hybridized carbons (Fsp3) is 0.600. The third kappa shape index (κ3) is 2.11. The van der Waals surface area contributed by atoms with Gasteiger partial charge in [0.15, 0.2) is 0 Å². The van der Waals surface area contributed by atoms with Crippen molar-refractivity contribution in [2.45, 2.75) is 25.5 Å². The average Bonchev–Trinajstić information content (AvgIpc) is 2.61. The van der Waals surface area contributed by atoms with E-state index in [1.54, 1.807) is 12.5 Å². The number of hydrogen-bond acceptors (Lipinski definition) is 3. The Morgan fingerprint density at radius 1 is 1.69 bits per heavy atom. The number of rotatable bonds is 2. The molecule has 1 aliphatic rings. The summed E-state index contributed by atoms with van der Waals surface area (Å²) in [6.07, 6.45) is 4.31. The average molecular weight is 181 g/mol. The Hall–Kier alpha value is -0.800. The van der Waals surface area contributed by atoms with Gasteiger partial charge in [0.1, 0.15) is 0 Å². The molecule has 1 saturated heterocycles. The number of furan rings is 1. The quantitative estimate of drug-likeness (QED) is 0.745. The second kappa shape index (κ2) is 3.16. The summed E-state index contributed by atoms with van der Waals surface area (Å²) in [5.41, 5.74) is 0.682. The molecule has 0 aliphatic carbocycles. The number of likely N-dealkylation sites (tertiary alicyclic amines) is 1. The highest BCUT2D eigenvalue weighted by Crippen LogP contribution is 2.21. The highest BCUT2D eigenvalue weighted by atomic mass is 16.3. The molecule has 13 heavy (non-hydrogen) atoms. The van der Waals surface area contributed by atoms with Crippen molar-refractivity contribution in [3.63, 3.8) is 0 Å². The molecule has 0 radical (unpaired) electrons. The Labute approximate surface area is 78.0 Å². The van der Waals surface area contributed by atoms with Gasteiger partial charge in [0.25, 0.3) is 0 Å². The third-order valence-electron chi connectivity index (χ3n) is 2.52. The van der Waals surface area contributed by atoms with Gasteiger partial charge in [-0.3, -0.25) is 4.90 Å². The zero-order valence-electron chi connectivity index (χ0n) is 7.86. The molecule has 0 amide bonds. The maximum atomic E-state index is 9.73. The van der Waals surface area contributed by atoms with Gasteiger partial charge in [-0.2, -0.15) is 0 Å². The molecule has 2 rings (SSSR count). The van der Waals surface area contributed by atoms with Crippen LogP contribution in [0.1, 0.15) is 18.9 Å². The van der Waals surface area contributed by atoms with E-state index in [9.17, 15) is 5.11 Å². The van der Waals surface area contributed by atoms with Crippen molar-refractivity contribution < 1.29 is 9.52 Å². The normalized spacial score (nSPS) is 29.7. The first kappa shape index (κ1) is 8.78. The van der Waals surface area contributed by atoms with E-state index in [0.717, 1.165) is 26.1 Å². The van der Waals surface area contributed by atoms with Crippen molar-refractivity contribution in [1.29, 1.82) is 0 Å². The molecular weight excluding hydrogens is 166 g/mol. The fourth-order valence-electron chi connectivity index (χ4n) is 1.81. The van der Waals surface area contributed by atoms with Crippen LogP contribution in [-0.4, -0.2) is 28.7 Å². The van der Waals surface area contributed by atoms with Gasteiger partial charge in [-0.25, -0.2) is 0 Å². The van der Waals surface area contributed by atoms with Crippen molar-refractivity contribution in [3.05, 3.63) is 24.2 Å². The zero-order chi connectivity index (χ0) is 9.31. The van der Waals surface area contributed by atoms with E-state index in [-0.39, 0.29) is 0 Å². The molecule has 1 unspecified atom stereocenters. The Balaban J connectivity index is 1.91. The first-order chi connectivity index (χ1) is 6.16. The fourth-order valence-corrected chi connectivity index (χ4v) is 1.81. The van der Waals surface area contributed by atoms with E-state index >= 15 is 0 Å². The minimum absolute atomic E-state index is 0.496. The van der Waals surface area contributed by atoms with Gasteiger partial charge in [0, 0.05) is 25.2 Å². The standard InChI is InChI=1S/C10H15NO2/c1-10(12)3-4-11(8-10)6-9-2-5-13-7-9/h2,5,7,12H,3-4,6,8H2,1H3. The van der Waals surface area contributed by atoms with Crippen LogP contribution in [0.5, 0.6) is 0 Å². The summed E-state index contributed by atoms with van der Waals surface area (Å²) in [6, 6.07) is 1.97. The monoisotopic (exact) mass is 181 g/mol. The van der Waals surface area contributed by atoms with Gasteiger partial charge in [-0.1, -0.05) is 0 Å². The van der Waals surface area contributed by atoms with Crippen molar-refractivity contribution in [2.75, 3.05) is 13.1 Å². The molecule has 72 valence electrons. The van der Waals surface area contributed by atoms with Crippen LogP contribution < -0.4 is 0 Å². The molecule has 1 N–H and O–H groups in total. The molecule has 0 saturated carbocycles. The van der Waals surface area contributed by atoms with Gasteiger partial charge in [-0.05, 0) is 19.4 Å². The number of β-amino-alcohol motifs (C(OH)–C–C–N with tert-alkyl or cyclic N) is 1. The topological polar surface area (TPSA) is 36.6 Å². The van der Waals surface area contributed by atoms with Gasteiger partial charge in [0.2, 0.25) is 0 Å². The molecule has 1 aromatic heterocycles. The SMILES string of the molecule is CC1(O)CCN(Cc2ccoc2)C1. The van der Waals surface area contributed by atoms with E-state index in [0.29, 0.717) is 0 Å². The zero-order valence-corrected chi connectivity index (χ0v) is 7.86. The predicted molar refractivity (Wildman–Crippen MR) is 49.2 cm³/mol. The Morgan fingerprint density at radius 3 is 3.08 bits per heavy atom. The lowest BCUT2D eigenvalue weighted by atomic mass is 10.1. The van der Waals surface area contributed by atoms with Crippen LogP contribution in [0.3, 0.4) is 0 Å². The maximum absolute atomic E-state index is 9.73. The van der Waals surface area contributed by atoms with E-state index in [4.69, 9.17) is 4.42 Å². The van der Waals surface area contributed by atoms with Crippen LogP contribution in [0.15, 0.2) is 23.0 Å². The molecule has 0 aromatic carbocycles.